The minimum absolute atomic E-state index is 0.0456. The first-order valence-corrected chi connectivity index (χ1v) is 6.26. The van der Waals surface area contributed by atoms with Crippen molar-refractivity contribution in [3.05, 3.63) is 23.8 Å². The average Bonchev–Trinajstić information content (AvgIpc) is 2.39. The maximum absolute atomic E-state index is 11.7. The average molecular weight is 266 g/mol. The standard InChI is InChI=1S/C14H22N2O3/c1-5-16(10-14(18)15(2)3)9-11-8-12(19-4)6-7-13(11)17/h6-8,17H,5,9-10H2,1-4H3. The fraction of sp³-hybridized carbons (Fsp3) is 0.500. The molecule has 0 saturated heterocycles. The van der Waals surface area contributed by atoms with Crippen molar-refractivity contribution in [1.29, 1.82) is 0 Å². The summed E-state index contributed by atoms with van der Waals surface area (Å²) < 4.78 is 5.14. The third-order valence-corrected chi connectivity index (χ3v) is 2.99. The predicted molar refractivity (Wildman–Crippen MR) is 74.3 cm³/mol. The summed E-state index contributed by atoms with van der Waals surface area (Å²) in [5, 5.41) is 9.84. The van der Waals surface area contributed by atoms with Gasteiger partial charge in [-0.05, 0) is 24.7 Å². The van der Waals surface area contributed by atoms with Crippen molar-refractivity contribution < 1.29 is 14.6 Å². The highest BCUT2D eigenvalue weighted by Gasteiger charge is 2.13. The van der Waals surface area contributed by atoms with E-state index in [1.807, 2.05) is 11.8 Å². The molecule has 1 amide bonds. The number of methoxy groups -OCH3 is 1. The first-order valence-electron chi connectivity index (χ1n) is 6.26. The second kappa shape index (κ2) is 6.99. The number of ether oxygens (including phenoxy) is 1. The molecule has 0 bridgehead atoms. The Labute approximate surface area is 114 Å². The smallest absolute Gasteiger partial charge is 0.236 e. The molecule has 0 unspecified atom stereocenters. The molecule has 5 heteroatoms. The Bertz CT molecular complexity index is 433. The largest absolute Gasteiger partial charge is 0.508 e. The molecular weight excluding hydrogens is 244 g/mol. The second-order valence-corrected chi connectivity index (χ2v) is 4.59. The van der Waals surface area contributed by atoms with Crippen LogP contribution in [0.1, 0.15) is 12.5 Å². The normalized spacial score (nSPS) is 10.6. The van der Waals surface area contributed by atoms with Gasteiger partial charge in [0.15, 0.2) is 0 Å². The number of hydrogen-bond donors (Lipinski definition) is 1. The lowest BCUT2D eigenvalue weighted by molar-refractivity contribution is -0.130. The highest BCUT2D eigenvalue weighted by molar-refractivity contribution is 5.77. The molecule has 0 aliphatic carbocycles. The van der Waals surface area contributed by atoms with E-state index in [4.69, 9.17) is 4.74 Å². The van der Waals surface area contributed by atoms with Gasteiger partial charge in [-0.25, -0.2) is 0 Å². The lowest BCUT2D eigenvalue weighted by atomic mass is 10.1. The fourth-order valence-electron chi connectivity index (χ4n) is 1.67. The van der Waals surface area contributed by atoms with Gasteiger partial charge in [0, 0.05) is 26.2 Å². The van der Waals surface area contributed by atoms with Crippen molar-refractivity contribution in [2.45, 2.75) is 13.5 Å². The maximum atomic E-state index is 11.7. The van der Waals surface area contributed by atoms with Crippen LogP contribution in [-0.4, -0.2) is 55.1 Å². The molecule has 0 aliphatic heterocycles. The van der Waals surface area contributed by atoms with E-state index in [2.05, 4.69) is 0 Å². The van der Waals surface area contributed by atoms with E-state index in [0.717, 1.165) is 12.1 Å². The summed E-state index contributed by atoms with van der Waals surface area (Å²) in [4.78, 5) is 15.2. The van der Waals surface area contributed by atoms with Crippen LogP contribution in [0.2, 0.25) is 0 Å². The van der Waals surface area contributed by atoms with Crippen LogP contribution in [-0.2, 0) is 11.3 Å². The van der Waals surface area contributed by atoms with Gasteiger partial charge >= 0.3 is 0 Å². The van der Waals surface area contributed by atoms with Crippen LogP contribution >= 0.6 is 0 Å². The number of aromatic hydroxyl groups is 1. The van der Waals surface area contributed by atoms with Crippen molar-refractivity contribution in [3.63, 3.8) is 0 Å². The molecule has 0 aromatic heterocycles. The maximum Gasteiger partial charge on any atom is 0.236 e. The summed E-state index contributed by atoms with van der Waals surface area (Å²) >= 11 is 0. The quantitative estimate of drug-likeness (QED) is 0.843. The zero-order chi connectivity index (χ0) is 14.4. The number of carbonyl (C=O) groups excluding carboxylic acids is 1. The van der Waals surface area contributed by atoms with Gasteiger partial charge in [0.25, 0.3) is 0 Å². The molecule has 0 heterocycles. The minimum atomic E-state index is 0.0456. The number of hydrogen-bond acceptors (Lipinski definition) is 4. The summed E-state index contributed by atoms with van der Waals surface area (Å²) in [5.74, 6) is 0.962. The first kappa shape index (κ1) is 15.3. The van der Waals surface area contributed by atoms with Gasteiger partial charge in [-0.15, -0.1) is 0 Å². The van der Waals surface area contributed by atoms with Gasteiger partial charge in [-0.3, -0.25) is 9.69 Å². The SMILES string of the molecule is CCN(CC(=O)N(C)C)Cc1cc(OC)ccc1O. The van der Waals surface area contributed by atoms with E-state index in [9.17, 15) is 9.90 Å². The molecule has 1 N–H and O–H groups in total. The number of amides is 1. The van der Waals surface area contributed by atoms with Crippen LogP contribution in [0.3, 0.4) is 0 Å². The number of benzene rings is 1. The summed E-state index contributed by atoms with van der Waals surface area (Å²) in [7, 11) is 5.06. The number of phenols is 1. The lowest BCUT2D eigenvalue weighted by Gasteiger charge is -2.22. The highest BCUT2D eigenvalue weighted by atomic mass is 16.5. The molecule has 0 atom stereocenters. The molecule has 1 aromatic carbocycles. The second-order valence-electron chi connectivity index (χ2n) is 4.59. The van der Waals surface area contributed by atoms with E-state index in [-0.39, 0.29) is 11.7 Å². The third kappa shape index (κ3) is 4.44. The zero-order valence-corrected chi connectivity index (χ0v) is 12.0. The Morgan fingerprint density at radius 1 is 1.37 bits per heavy atom. The molecule has 0 spiro atoms. The van der Waals surface area contributed by atoms with E-state index in [1.165, 1.54) is 0 Å². The summed E-state index contributed by atoms with van der Waals surface area (Å²) in [6.07, 6.45) is 0. The molecule has 106 valence electrons. The van der Waals surface area contributed by atoms with Crippen LogP contribution in [0.5, 0.6) is 11.5 Å². The molecule has 0 aliphatic rings. The van der Waals surface area contributed by atoms with Crippen LogP contribution in [0.4, 0.5) is 0 Å². The van der Waals surface area contributed by atoms with Gasteiger partial charge in [0.2, 0.25) is 5.91 Å². The molecule has 0 fully saturated rings. The molecule has 1 rings (SSSR count). The van der Waals surface area contributed by atoms with Crippen molar-refractivity contribution in [3.8, 4) is 11.5 Å². The highest BCUT2D eigenvalue weighted by Crippen LogP contribution is 2.24. The summed E-state index contributed by atoms with van der Waals surface area (Å²) in [5.41, 5.74) is 0.757. The van der Waals surface area contributed by atoms with Crippen molar-refractivity contribution in [2.24, 2.45) is 0 Å². The van der Waals surface area contributed by atoms with E-state index >= 15 is 0 Å². The van der Waals surface area contributed by atoms with Gasteiger partial charge in [0.1, 0.15) is 11.5 Å². The van der Waals surface area contributed by atoms with Crippen molar-refractivity contribution in [2.75, 3.05) is 34.3 Å². The van der Waals surface area contributed by atoms with E-state index < -0.39 is 0 Å². The molecule has 0 radical (unpaired) electrons. The minimum Gasteiger partial charge on any atom is -0.508 e. The molecule has 1 aromatic rings. The Morgan fingerprint density at radius 3 is 2.58 bits per heavy atom. The lowest BCUT2D eigenvalue weighted by Crippen LogP contribution is -2.36. The van der Waals surface area contributed by atoms with Crippen molar-refractivity contribution in [1.82, 2.24) is 9.80 Å². The summed E-state index contributed by atoms with van der Waals surface area (Å²) in [6, 6.07) is 5.11. The Balaban J connectivity index is 2.77. The van der Waals surface area contributed by atoms with Crippen molar-refractivity contribution >= 4 is 5.91 Å². The monoisotopic (exact) mass is 266 g/mol. The Kier molecular flexibility index (Phi) is 5.63. The van der Waals surface area contributed by atoms with Crippen LogP contribution in [0.25, 0.3) is 0 Å². The number of nitrogens with zero attached hydrogens (tertiary/aromatic N) is 2. The number of likely N-dealkylation sites (N-methyl/N-ethyl adjacent to an activating group) is 2. The van der Waals surface area contributed by atoms with Crippen LogP contribution in [0.15, 0.2) is 18.2 Å². The Morgan fingerprint density at radius 2 is 2.05 bits per heavy atom. The number of rotatable bonds is 6. The van der Waals surface area contributed by atoms with Crippen LogP contribution < -0.4 is 4.74 Å². The predicted octanol–water partition coefficient (Wildman–Crippen LogP) is 1.31. The van der Waals surface area contributed by atoms with Gasteiger partial charge in [0.05, 0.1) is 13.7 Å². The van der Waals surface area contributed by atoms with Gasteiger partial charge in [-0.2, -0.15) is 0 Å². The topological polar surface area (TPSA) is 53.0 Å². The summed E-state index contributed by atoms with van der Waals surface area (Å²) in [6.45, 7) is 3.57. The van der Waals surface area contributed by atoms with Crippen LogP contribution in [0, 0.1) is 0 Å². The third-order valence-electron chi connectivity index (χ3n) is 2.99. The Hall–Kier alpha value is -1.75. The number of carbonyl (C=O) groups is 1. The van der Waals surface area contributed by atoms with Gasteiger partial charge in [-0.1, -0.05) is 6.92 Å². The van der Waals surface area contributed by atoms with E-state index in [0.29, 0.717) is 18.8 Å². The van der Waals surface area contributed by atoms with Gasteiger partial charge < -0.3 is 14.7 Å². The molecule has 19 heavy (non-hydrogen) atoms. The fourth-order valence-corrected chi connectivity index (χ4v) is 1.67. The number of phenolic OH excluding ortho intramolecular Hbond substituents is 1. The molecule has 0 saturated carbocycles. The zero-order valence-electron chi connectivity index (χ0n) is 12.0. The molecular formula is C14H22N2O3. The first-order chi connectivity index (χ1) is 8.97. The van der Waals surface area contributed by atoms with E-state index in [1.54, 1.807) is 44.3 Å². The molecule has 5 nitrogen and oxygen atoms in total.